The van der Waals surface area contributed by atoms with E-state index in [0.29, 0.717) is 0 Å². The highest BCUT2D eigenvalue weighted by Crippen LogP contribution is 2.26. The van der Waals surface area contributed by atoms with Crippen LogP contribution in [0.5, 0.6) is 0 Å². The Morgan fingerprint density at radius 3 is 2.79 bits per heavy atom. The van der Waals surface area contributed by atoms with Crippen molar-refractivity contribution in [3.63, 3.8) is 0 Å². The number of nitrogens with zero attached hydrogens (tertiary/aromatic N) is 2. The van der Waals surface area contributed by atoms with Gasteiger partial charge in [0.2, 0.25) is 5.82 Å². The largest absolute Gasteiger partial charge is 0.449 e. The van der Waals surface area contributed by atoms with Gasteiger partial charge in [-0.2, -0.15) is 13.2 Å². The number of rotatable bonds is 0. The molecule has 0 fully saturated rings. The van der Waals surface area contributed by atoms with Gasteiger partial charge in [-0.3, -0.25) is 4.79 Å². The average Bonchev–Trinajstić information content (AvgIpc) is 2.50. The lowest BCUT2D eigenvalue weighted by molar-refractivity contribution is -0.144. The minimum atomic E-state index is -4.64. The number of aromatic amines is 1. The van der Waals surface area contributed by atoms with Gasteiger partial charge in [0.05, 0.1) is 5.51 Å². The fraction of sp³-hybridized carbons (Fsp3) is 0.167. The molecule has 0 amide bonds. The van der Waals surface area contributed by atoms with Crippen LogP contribution in [0.25, 0.3) is 10.3 Å². The maximum absolute atomic E-state index is 12.2. The zero-order valence-electron chi connectivity index (χ0n) is 6.42. The van der Waals surface area contributed by atoms with E-state index in [9.17, 15) is 18.0 Å². The minimum Gasteiger partial charge on any atom is -0.301 e. The number of hydrogen-bond donors (Lipinski definition) is 1. The van der Waals surface area contributed by atoms with Crippen LogP contribution in [0.2, 0.25) is 0 Å². The molecule has 14 heavy (non-hydrogen) atoms. The number of H-pyrrole nitrogens is 1. The Labute approximate surface area is 78.4 Å². The van der Waals surface area contributed by atoms with Gasteiger partial charge in [0.15, 0.2) is 10.3 Å². The van der Waals surface area contributed by atoms with Gasteiger partial charge in [0.1, 0.15) is 0 Å². The second-order valence-corrected chi connectivity index (χ2v) is 3.25. The smallest absolute Gasteiger partial charge is 0.301 e. The van der Waals surface area contributed by atoms with Crippen LogP contribution in [0.4, 0.5) is 13.2 Å². The van der Waals surface area contributed by atoms with Crippen LogP contribution in [0, 0.1) is 0 Å². The van der Waals surface area contributed by atoms with Crippen LogP contribution < -0.4 is 5.56 Å². The monoisotopic (exact) mass is 221 g/mol. The molecule has 0 radical (unpaired) electrons. The summed E-state index contributed by atoms with van der Waals surface area (Å²) < 4.78 is 36.5. The fourth-order valence-electron chi connectivity index (χ4n) is 0.906. The van der Waals surface area contributed by atoms with E-state index < -0.39 is 17.6 Å². The summed E-state index contributed by atoms with van der Waals surface area (Å²) in [6.45, 7) is 0. The first-order valence-electron chi connectivity index (χ1n) is 3.39. The molecule has 0 aliphatic rings. The van der Waals surface area contributed by atoms with Crippen LogP contribution in [0.15, 0.2) is 10.3 Å². The van der Waals surface area contributed by atoms with E-state index in [-0.39, 0.29) is 10.3 Å². The molecule has 0 aliphatic carbocycles. The Bertz CT molecular complexity index is 529. The molecular weight excluding hydrogens is 219 g/mol. The standard InChI is InChI=1S/C6H2F3N3OS/c7-6(8,9)5-11-3(13)2-4(12-5)14-1-10-2/h1H,(H,11,12,13). The Hall–Kier alpha value is -1.44. The lowest BCUT2D eigenvalue weighted by atomic mass is 10.5. The van der Waals surface area contributed by atoms with Crippen molar-refractivity contribution >= 4 is 21.7 Å². The third kappa shape index (κ3) is 1.37. The average molecular weight is 221 g/mol. The first-order valence-corrected chi connectivity index (χ1v) is 4.27. The number of halogens is 3. The van der Waals surface area contributed by atoms with Gasteiger partial charge in [-0.15, -0.1) is 11.3 Å². The molecule has 2 rings (SSSR count). The SMILES string of the molecule is O=c1[nH]c(C(F)(F)F)nc2scnc12. The van der Waals surface area contributed by atoms with Gasteiger partial charge in [-0.25, -0.2) is 9.97 Å². The summed E-state index contributed by atoms with van der Waals surface area (Å²) in [5, 5.41) is 0. The van der Waals surface area contributed by atoms with Gasteiger partial charge in [0, 0.05) is 0 Å². The predicted octanol–water partition coefficient (Wildman–Crippen LogP) is 1.40. The van der Waals surface area contributed by atoms with E-state index in [1.807, 2.05) is 0 Å². The number of aromatic nitrogens is 3. The summed E-state index contributed by atoms with van der Waals surface area (Å²) >= 11 is 0.890. The zero-order valence-corrected chi connectivity index (χ0v) is 7.24. The molecular formula is C6H2F3N3OS. The first-order chi connectivity index (χ1) is 6.48. The summed E-state index contributed by atoms with van der Waals surface area (Å²) in [5.74, 6) is -1.29. The molecule has 0 saturated heterocycles. The molecule has 74 valence electrons. The van der Waals surface area contributed by atoms with Gasteiger partial charge in [0.25, 0.3) is 5.56 Å². The van der Waals surface area contributed by atoms with Crippen molar-refractivity contribution in [2.45, 2.75) is 6.18 Å². The van der Waals surface area contributed by atoms with Crippen molar-refractivity contribution < 1.29 is 13.2 Å². The molecule has 0 spiro atoms. The summed E-state index contributed by atoms with van der Waals surface area (Å²) in [4.78, 5) is 19.5. The molecule has 2 heterocycles. The van der Waals surface area contributed by atoms with Crippen LogP contribution in [0.3, 0.4) is 0 Å². The summed E-state index contributed by atoms with van der Waals surface area (Å²) in [7, 11) is 0. The van der Waals surface area contributed by atoms with Crippen molar-refractivity contribution in [1.82, 2.24) is 15.0 Å². The number of fused-ring (bicyclic) bond motifs is 1. The van der Waals surface area contributed by atoms with E-state index in [4.69, 9.17) is 0 Å². The van der Waals surface area contributed by atoms with E-state index in [0.717, 1.165) is 11.3 Å². The van der Waals surface area contributed by atoms with Gasteiger partial charge >= 0.3 is 6.18 Å². The van der Waals surface area contributed by atoms with Crippen LogP contribution in [-0.4, -0.2) is 15.0 Å². The van der Waals surface area contributed by atoms with E-state index in [2.05, 4.69) is 9.97 Å². The third-order valence-electron chi connectivity index (χ3n) is 1.48. The van der Waals surface area contributed by atoms with Gasteiger partial charge in [-0.05, 0) is 0 Å². The Morgan fingerprint density at radius 2 is 2.14 bits per heavy atom. The first kappa shape index (κ1) is 9.13. The molecule has 2 aromatic heterocycles. The summed E-state index contributed by atoms with van der Waals surface area (Å²) in [5.41, 5.74) is 0.333. The number of hydrogen-bond acceptors (Lipinski definition) is 4. The Kier molecular flexibility index (Phi) is 1.81. The lowest BCUT2D eigenvalue weighted by Gasteiger charge is -2.03. The fourth-order valence-corrected chi connectivity index (χ4v) is 1.56. The Balaban J connectivity index is 2.77. The van der Waals surface area contributed by atoms with Crippen LogP contribution >= 0.6 is 11.3 Å². The summed E-state index contributed by atoms with van der Waals surface area (Å²) in [6.07, 6.45) is -4.64. The number of thiazole rings is 1. The maximum Gasteiger partial charge on any atom is 0.449 e. The van der Waals surface area contributed by atoms with Crippen molar-refractivity contribution in [2.75, 3.05) is 0 Å². The molecule has 0 atom stereocenters. The maximum atomic E-state index is 12.2. The predicted molar refractivity (Wildman–Crippen MR) is 43.0 cm³/mol. The number of nitrogens with one attached hydrogen (secondary N) is 1. The highest BCUT2D eigenvalue weighted by atomic mass is 32.1. The molecule has 0 aliphatic heterocycles. The zero-order chi connectivity index (χ0) is 10.3. The molecule has 4 nitrogen and oxygen atoms in total. The third-order valence-corrected chi connectivity index (χ3v) is 2.20. The van der Waals surface area contributed by atoms with Crippen molar-refractivity contribution in [3.05, 3.63) is 21.7 Å². The second kappa shape index (κ2) is 2.77. The van der Waals surface area contributed by atoms with E-state index in [1.165, 1.54) is 5.51 Å². The second-order valence-electron chi connectivity index (χ2n) is 2.42. The highest BCUT2D eigenvalue weighted by Gasteiger charge is 2.34. The molecule has 2 aromatic rings. The van der Waals surface area contributed by atoms with Crippen molar-refractivity contribution in [1.29, 1.82) is 0 Å². The van der Waals surface area contributed by atoms with Crippen LogP contribution in [-0.2, 0) is 6.18 Å². The molecule has 0 saturated carbocycles. The molecule has 1 N–H and O–H groups in total. The Morgan fingerprint density at radius 1 is 1.43 bits per heavy atom. The topological polar surface area (TPSA) is 58.6 Å². The van der Waals surface area contributed by atoms with Crippen LogP contribution in [0.1, 0.15) is 5.82 Å². The minimum absolute atomic E-state index is 0.0129. The molecule has 0 bridgehead atoms. The van der Waals surface area contributed by atoms with Crippen molar-refractivity contribution in [3.8, 4) is 0 Å². The summed E-state index contributed by atoms with van der Waals surface area (Å²) in [6, 6.07) is 0. The normalized spacial score (nSPS) is 12.2. The highest BCUT2D eigenvalue weighted by molar-refractivity contribution is 7.16. The van der Waals surface area contributed by atoms with Gasteiger partial charge < -0.3 is 4.98 Å². The van der Waals surface area contributed by atoms with E-state index in [1.54, 1.807) is 4.98 Å². The lowest BCUT2D eigenvalue weighted by Crippen LogP contribution is -2.18. The number of alkyl halides is 3. The molecule has 0 unspecified atom stereocenters. The van der Waals surface area contributed by atoms with Gasteiger partial charge in [-0.1, -0.05) is 0 Å². The van der Waals surface area contributed by atoms with Crippen molar-refractivity contribution in [2.24, 2.45) is 0 Å². The molecule has 8 heteroatoms. The molecule has 0 aromatic carbocycles. The van der Waals surface area contributed by atoms with E-state index >= 15 is 0 Å². The quantitative estimate of drug-likeness (QED) is 0.731.